The number of para-hydroxylation sites is 4. The molecule has 0 bridgehead atoms. The van der Waals surface area contributed by atoms with Crippen molar-refractivity contribution in [2.45, 2.75) is 12.8 Å². The fraction of sp³-hybridized carbons (Fsp3) is 0.0370. The molecule has 1 atom stereocenters. The van der Waals surface area contributed by atoms with E-state index < -0.39 is 8.80 Å². The van der Waals surface area contributed by atoms with Gasteiger partial charge in [0, 0.05) is 55.3 Å². The summed E-state index contributed by atoms with van der Waals surface area (Å²) in [5.41, 5.74) is 12.5. The molecule has 0 saturated heterocycles. The third kappa shape index (κ3) is 5.05. The number of benzene rings is 8. The molecule has 4 heteroatoms. The van der Waals surface area contributed by atoms with E-state index in [0.717, 1.165) is 12.8 Å². The van der Waals surface area contributed by atoms with Crippen molar-refractivity contribution < 1.29 is 0 Å². The number of aromatic nitrogens is 3. The largest absolute Gasteiger partial charge is 0.313 e. The van der Waals surface area contributed by atoms with E-state index in [1.54, 1.807) is 0 Å². The van der Waals surface area contributed by atoms with Crippen molar-refractivity contribution in [1.29, 1.82) is 0 Å². The van der Waals surface area contributed by atoms with Crippen molar-refractivity contribution in [3.05, 3.63) is 211 Å². The smallest absolute Gasteiger partial charge is 0.132 e. The molecule has 1 aliphatic carbocycles. The molecule has 58 heavy (non-hydrogen) atoms. The van der Waals surface area contributed by atoms with Gasteiger partial charge in [-0.3, -0.25) is 0 Å². The third-order valence-corrected chi connectivity index (χ3v) is 15.6. The van der Waals surface area contributed by atoms with Gasteiger partial charge in [0.15, 0.2) is 0 Å². The van der Waals surface area contributed by atoms with Crippen LogP contribution < -0.4 is 15.6 Å². The molecule has 11 aromatic rings. The second kappa shape index (κ2) is 13.2. The SMILES string of the molecule is C1=Cc2c(n(-c3ccc([SiH](c4ccccc4)c4ccc(-n5c6ccccc6c6ccccc65)cc4)cc3)c3cc4c(cc23)c2ccccc2n4-c2ccccc2)CC1. The van der Waals surface area contributed by atoms with Gasteiger partial charge in [-0.15, -0.1) is 0 Å². The van der Waals surface area contributed by atoms with Crippen LogP contribution in [-0.4, -0.2) is 22.5 Å². The monoisotopic (exact) mass is 757 g/mol. The Morgan fingerprint density at radius 3 is 1.40 bits per heavy atom. The first-order chi connectivity index (χ1) is 28.8. The van der Waals surface area contributed by atoms with E-state index in [4.69, 9.17) is 0 Å². The molecule has 12 rings (SSSR count). The Hall–Kier alpha value is -7.14. The fourth-order valence-electron chi connectivity index (χ4n) is 9.89. The first kappa shape index (κ1) is 33.0. The summed E-state index contributed by atoms with van der Waals surface area (Å²) in [5, 5.41) is 10.7. The molecule has 0 fully saturated rings. The lowest BCUT2D eigenvalue weighted by Crippen LogP contribution is -2.51. The Kier molecular flexibility index (Phi) is 7.53. The van der Waals surface area contributed by atoms with Crippen molar-refractivity contribution >= 4 is 84.9 Å². The number of hydrogen-bond acceptors (Lipinski definition) is 0. The third-order valence-electron chi connectivity index (χ3n) is 12.4. The van der Waals surface area contributed by atoms with Crippen LogP contribution in [-0.2, 0) is 6.42 Å². The number of nitrogens with zero attached hydrogens (tertiary/aromatic N) is 3. The van der Waals surface area contributed by atoms with Crippen molar-refractivity contribution in [2.24, 2.45) is 0 Å². The minimum Gasteiger partial charge on any atom is -0.313 e. The standard InChI is InChI=1S/C54H39N3Si/c1-3-15-37(16-4-1)56-51-25-13-9-21-45(51)47-35-48-46-22-10-14-26-52(46)57(54(48)36-53(47)56)39-29-33-42(34-30-39)58(40-17-5-2-6-18-40)41-31-27-38(28-32-41)55-49-23-11-7-19-43(49)44-20-8-12-24-50(44)55/h1-13,15-25,27-36,58H,14,26H2. The molecular formula is C54H39N3Si. The fourth-order valence-corrected chi connectivity index (χ4v) is 12.8. The first-order valence-corrected chi connectivity index (χ1v) is 22.1. The van der Waals surface area contributed by atoms with Crippen LogP contribution in [0.3, 0.4) is 0 Å². The lowest BCUT2D eigenvalue weighted by atomic mass is 10.0. The Balaban J connectivity index is 0.993. The summed E-state index contributed by atoms with van der Waals surface area (Å²) in [6.45, 7) is 0. The molecule has 0 spiro atoms. The number of fused-ring (bicyclic) bond motifs is 9. The van der Waals surface area contributed by atoms with Gasteiger partial charge in [0.1, 0.15) is 8.80 Å². The summed E-state index contributed by atoms with van der Waals surface area (Å²) >= 11 is 0. The van der Waals surface area contributed by atoms with Gasteiger partial charge in [-0.05, 0) is 79.6 Å². The molecule has 3 heterocycles. The Bertz CT molecular complexity index is 3310. The summed E-state index contributed by atoms with van der Waals surface area (Å²) in [4.78, 5) is 0. The van der Waals surface area contributed by atoms with E-state index >= 15 is 0 Å². The summed E-state index contributed by atoms with van der Waals surface area (Å²) in [5.74, 6) is 0. The van der Waals surface area contributed by atoms with Crippen LogP contribution in [0.25, 0.3) is 77.7 Å². The minimum atomic E-state index is -1.81. The van der Waals surface area contributed by atoms with E-state index in [0.29, 0.717) is 0 Å². The highest BCUT2D eigenvalue weighted by Crippen LogP contribution is 2.40. The molecular weight excluding hydrogens is 719 g/mol. The summed E-state index contributed by atoms with van der Waals surface area (Å²) in [7, 11) is -1.81. The molecule has 274 valence electrons. The predicted molar refractivity (Wildman–Crippen MR) is 248 cm³/mol. The van der Waals surface area contributed by atoms with Gasteiger partial charge in [-0.2, -0.15) is 0 Å². The molecule has 0 amide bonds. The summed E-state index contributed by atoms with van der Waals surface area (Å²) in [6, 6.07) is 72.2. The maximum atomic E-state index is 2.55. The minimum absolute atomic E-state index is 1.02. The van der Waals surface area contributed by atoms with Gasteiger partial charge in [0.2, 0.25) is 0 Å². The molecule has 3 aromatic heterocycles. The lowest BCUT2D eigenvalue weighted by Gasteiger charge is -2.19. The number of hydrogen-bond donors (Lipinski definition) is 0. The molecule has 0 saturated carbocycles. The van der Waals surface area contributed by atoms with Crippen LogP contribution in [0.15, 0.2) is 200 Å². The van der Waals surface area contributed by atoms with Gasteiger partial charge in [0.05, 0.1) is 27.6 Å². The van der Waals surface area contributed by atoms with E-state index in [1.165, 1.54) is 98.4 Å². The van der Waals surface area contributed by atoms with Crippen molar-refractivity contribution in [1.82, 2.24) is 13.7 Å². The van der Waals surface area contributed by atoms with Crippen LogP contribution in [0.2, 0.25) is 0 Å². The first-order valence-electron chi connectivity index (χ1n) is 20.4. The van der Waals surface area contributed by atoms with Crippen molar-refractivity contribution in [3.8, 4) is 17.1 Å². The highest BCUT2D eigenvalue weighted by Gasteiger charge is 2.24. The normalized spacial score (nSPS) is 13.2. The van der Waals surface area contributed by atoms with Crippen molar-refractivity contribution in [2.75, 3.05) is 0 Å². The molecule has 1 unspecified atom stereocenters. The van der Waals surface area contributed by atoms with Crippen LogP contribution in [0.4, 0.5) is 0 Å². The Morgan fingerprint density at radius 1 is 0.345 bits per heavy atom. The lowest BCUT2D eigenvalue weighted by molar-refractivity contribution is 0.889. The second-order valence-corrected chi connectivity index (χ2v) is 18.5. The predicted octanol–water partition coefficient (Wildman–Crippen LogP) is 11.0. The van der Waals surface area contributed by atoms with Gasteiger partial charge < -0.3 is 13.7 Å². The molecule has 0 N–H and O–H groups in total. The topological polar surface area (TPSA) is 14.8 Å². The second-order valence-electron chi connectivity index (χ2n) is 15.6. The quantitative estimate of drug-likeness (QED) is 0.119. The maximum Gasteiger partial charge on any atom is 0.132 e. The highest BCUT2D eigenvalue weighted by molar-refractivity contribution is 6.95. The zero-order valence-electron chi connectivity index (χ0n) is 32.0. The van der Waals surface area contributed by atoms with Crippen LogP contribution >= 0.6 is 0 Å². The molecule has 0 radical (unpaired) electrons. The van der Waals surface area contributed by atoms with Gasteiger partial charge in [-0.25, -0.2) is 0 Å². The molecule has 1 aliphatic rings. The van der Waals surface area contributed by atoms with Gasteiger partial charge in [-0.1, -0.05) is 155 Å². The average molecular weight is 758 g/mol. The number of rotatable bonds is 6. The van der Waals surface area contributed by atoms with Crippen LogP contribution in [0.5, 0.6) is 0 Å². The highest BCUT2D eigenvalue weighted by atomic mass is 28.3. The number of allylic oxidation sites excluding steroid dienone is 1. The van der Waals surface area contributed by atoms with E-state index in [1.807, 2.05) is 0 Å². The van der Waals surface area contributed by atoms with E-state index in [9.17, 15) is 0 Å². The van der Waals surface area contributed by atoms with E-state index in [2.05, 4.69) is 220 Å². The van der Waals surface area contributed by atoms with Gasteiger partial charge >= 0.3 is 0 Å². The summed E-state index contributed by atoms with van der Waals surface area (Å²) < 4.78 is 7.39. The zero-order valence-corrected chi connectivity index (χ0v) is 33.1. The van der Waals surface area contributed by atoms with Crippen LogP contribution in [0, 0.1) is 0 Å². The molecule has 3 nitrogen and oxygen atoms in total. The average Bonchev–Trinajstić information content (AvgIpc) is 3.92. The molecule has 0 aliphatic heterocycles. The van der Waals surface area contributed by atoms with Gasteiger partial charge in [0.25, 0.3) is 0 Å². The van der Waals surface area contributed by atoms with Crippen LogP contribution in [0.1, 0.15) is 17.7 Å². The van der Waals surface area contributed by atoms with E-state index in [-0.39, 0.29) is 0 Å². The summed E-state index contributed by atoms with van der Waals surface area (Å²) in [6.07, 6.45) is 6.77. The zero-order chi connectivity index (χ0) is 38.2. The maximum absolute atomic E-state index is 2.55. The Labute approximate surface area is 338 Å². The Morgan fingerprint density at radius 2 is 0.793 bits per heavy atom. The molecule has 8 aromatic carbocycles. The van der Waals surface area contributed by atoms with Crippen molar-refractivity contribution in [3.63, 3.8) is 0 Å².